The van der Waals surface area contributed by atoms with Crippen molar-refractivity contribution in [3.05, 3.63) is 11.9 Å². The number of likely N-dealkylation sites (N-methyl/N-ethyl adjacent to an activating group) is 1. The van der Waals surface area contributed by atoms with Gasteiger partial charge in [0.05, 0.1) is 0 Å². The molecule has 19 heavy (non-hydrogen) atoms. The van der Waals surface area contributed by atoms with Crippen LogP contribution >= 0.6 is 0 Å². The van der Waals surface area contributed by atoms with E-state index in [4.69, 9.17) is 0 Å². The summed E-state index contributed by atoms with van der Waals surface area (Å²) in [7, 11) is 2.10. The van der Waals surface area contributed by atoms with E-state index in [1.807, 2.05) is 13.0 Å². The third kappa shape index (κ3) is 4.06. The largest absolute Gasteiger partial charge is 0.370 e. The molecule has 5 heteroatoms. The number of nitrogens with one attached hydrogen (secondary N) is 1. The zero-order valence-electron chi connectivity index (χ0n) is 12.3. The third-order valence-corrected chi connectivity index (χ3v) is 3.52. The van der Waals surface area contributed by atoms with Gasteiger partial charge in [0.1, 0.15) is 17.5 Å². The predicted molar refractivity (Wildman–Crippen MR) is 79.9 cm³/mol. The fourth-order valence-corrected chi connectivity index (χ4v) is 2.43. The summed E-state index contributed by atoms with van der Waals surface area (Å²) >= 11 is 0. The highest BCUT2D eigenvalue weighted by atomic mass is 15.2. The van der Waals surface area contributed by atoms with Crippen molar-refractivity contribution < 1.29 is 0 Å². The Bertz CT molecular complexity index is 401. The van der Waals surface area contributed by atoms with Crippen molar-refractivity contribution in [2.24, 2.45) is 0 Å². The highest BCUT2D eigenvalue weighted by Gasteiger charge is 2.13. The first-order valence-corrected chi connectivity index (χ1v) is 7.22. The molecule has 0 aromatic carbocycles. The SMILES string of the molecule is CCNc1cc(N(C)CCN2CCCC2)nc(C)n1. The Balaban J connectivity index is 1.94. The van der Waals surface area contributed by atoms with E-state index in [9.17, 15) is 0 Å². The van der Waals surface area contributed by atoms with Crippen LogP contribution in [0.15, 0.2) is 6.07 Å². The fourth-order valence-electron chi connectivity index (χ4n) is 2.43. The standard InChI is InChI=1S/C14H25N5/c1-4-15-13-11-14(17-12(2)16-13)18(3)9-10-19-7-5-6-8-19/h11H,4-10H2,1-3H3,(H,15,16,17). The van der Waals surface area contributed by atoms with E-state index in [1.165, 1.54) is 25.9 Å². The van der Waals surface area contributed by atoms with Crippen LogP contribution in [0.2, 0.25) is 0 Å². The number of aryl methyl sites for hydroxylation is 1. The lowest BCUT2D eigenvalue weighted by Crippen LogP contribution is -2.32. The zero-order valence-corrected chi connectivity index (χ0v) is 12.3. The van der Waals surface area contributed by atoms with Gasteiger partial charge in [-0.1, -0.05) is 0 Å². The average Bonchev–Trinajstić information content (AvgIpc) is 2.88. The predicted octanol–water partition coefficient (Wildman–Crippen LogP) is 1.75. The van der Waals surface area contributed by atoms with Crippen LogP contribution < -0.4 is 10.2 Å². The van der Waals surface area contributed by atoms with Crippen LogP contribution in [-0.4, -0.2) is 54.6 Å². The Labute approximate surface area is 116 Å². The minimum Gasteiger partial charge on any atom is -0.370 e. The molecule has 1 N–H and O–H groups in total. The molecule has 5 nitrogen and oxygen atoms in total. The molecule has 0 spiro atoms. The maximum Gasteiger partial charge on any atom is 0.134 e. The number of rotatable bonds is 6. The summed E-state index contributed by atoms with van der Waals surface area (Å²) < 4.78 is 0. The van der Waals surface area contributed by atoms with Crippen molar-refractivity contribution in [1.82, 2.24) is 14.9 Å². The highest BCUT2D eigenvalue weighted by Crippen LogP contribution is 2.15. The van der Waals surface area contributed by atoms with Gasteiger partial charge < -0.3 is 15.1 Å². The Kier molecular flexibility index (Phi) is 4.96. The molecule has 0 atom stereocenters. The van der Waals surface area contributed by atoms with Crippen LogP contribution in [0.3, 0.4) is 0 Å². The lowest BCUT2D eigenvalue weighted by atomic mass is 10.4. The Hall–Kier alpha value is -1.36. The molecule has 1 aromatic rings. The molecule has 0 radical (unpaired) electrons. The summed E-state index contributed by atoms with van der Waals surface area (Å²) in [5.41, 5.74) is 0. The number of anilines is 2. The lowest BCUT2D eigenvalue weighted by molar-refractivity contribution is 0.346. The van der Waals surface area contributed by atoms with Gasteiger partial charge in [0.25, 0.3) is 0 Å². The van der Waals surface area contributed by atoms with Gasteiger partial charge in [-0.3, -0.25) is 0 Å². The molecule has 2 rings (SSSR count). The van der Waals surface area contributed by atoms with Crippen LogP contribution in [0.5, 0.6) is 0 Å². The van der Waals surface area contributed by atoms with Crippen molar-refractivity contribution in [3.8, 4) is 0 Å². The molecule has 1 fully saturated rings. The minimum atomic E-state index is 0.821. The number of likely N-dealkylation sites (tertiary alicyclic amines) is 1. The first-order valence-electron chi connectivity index (χ1n) is 7.22. The highest BCUT2D eigenvalue weighted by molar-refractivity contribution is 5.48. The Morgan fingerprint density at radius 2 is 2.05 bits per heavy atom. The van der Waals surface area contributed by atoms with Crippen molar-refractivity contribution >= 4 is 11.6 Å². The van der Waals surface area contributed by atoms with E-state index in [0.717, 1.165) is 37.1 Å². The minimum absolute atomic E-state index is 0.821. The molecule has 1 aliphatic rings. The third-order valence-electron chi connectivity index (χ3n) is 3.52. The van der Waals surface area contributed by atoms with E-state index in [-0.39, 0.29) is 0 Å². The Morgan fingerprint density at radius 1 is 1.32 bits per heavy atom. The van der Waals surface area contributed by atoms with E-state index >= 15 is 0 Å². The molecule has 0 saturated carbocycles. The molecule has 0 aliphatic carbocycles. The zero-order chi connectivity index (χ0) is 13.7. The van der Waals surface area contributed by atoms with Crippen molar-refractivity contribution in [2.45, 2.75) is 26.7 Å². The molecule has 1 aliphatic heterocycles. The number of hydrogen-bond acceptors (Lipinski definition) is 5. The van der Waals surface area contributed by atoms with E-state index in [0.29, 0.717) is 0 Å². The van der Waals surface area contributed by atoms with Gasteiger partial charge in [0.2, 0.25) is 0 Å². The molecule has 0 unspecified atom stereocenters. The maximum absolute atomic E-state index is 4.52. The molecule has 0 bridgehead atoms. The number of nitrogens with zero attached hydrogens (tertiary/aromatic N) is 4. The van der Waals surface area contributed by atoms with Crippen LogP contribution in [0, 0.1) is 6.92 Å². The molecule has 1 aromatic heterocycles. The van der Waals surface area contributed by atoms with E-state index in [1.54, 1.807) is 0 Å². The average molecular weight is 263 g/mol. The molecular formula is C14H25N5. The first kappa shape index (κ1) is 14.1. The van der Waals surface area contributed by atoms with Gasteiger partial charge in [-0.25, -0.2) is 9.97 Å². The summed E-state index contributed by atoms with van der Waals surface area (Å²) in [4.78, 5) is 13.6. The summed E-state index contributed by atoms with van der Waals surface area (Å²) in [5, 5.41) is 3.25. The molecule has 0 amide bonds. The first-order chi connectivity index (χ1) is 9.19. The second-order valence-corrected chi connectivity index (χ2v) is 5.16. The normalized spacial score (nSPS) is 15.7. The Morgan fingerprint density at radius 3 is 2.74 bits per heavy atom. The topological polar surface area (TPSA) is 44.3 Å². The van der Waals surface area contributed by atoms with Gasteiger partial charge in [-0.15, -0.1) is 0 Å². The summed E-state index contributed by atoms with van der Waals surface area (Å²) in [5.74, 6) is 2.74. The van der Waals surface area contributed by atoms with Crippen molar-refractivity contribution in [1.29, 1.82) is 0 Å². The smallest absolute Gasteiger partial charge is 0.134 e. The quantitative estimate of drug-likeness (QED) is 0.847. The summed E-state index contributed by atoms with van der Waals surface area (Å²) in [6, 6.07) is 2.03. The maximum atomic E-state index is 4.52. The number of aromatic nitrogens is 2. The van der Waals surface area contributed by atoms with Gasteiger partial charge >= 0.3 is 0 Å². The molecule has 2 heterocycles. The van der Waals surface area contributed by atoms with Gasteiger partial charge in [0.15, 0.2) is 0 Å². The molecule has 106 valence electrons. The second kappa shape index (κ2) is 6.70. The molecule has 1 saturated heterocycles. The second-order valence-electron chi connectivity index (χ2n) is 5.16. The summed E-state index contributed by atoms with van der Waals surface area (Å²) in [6.45, 7) is 9.54. The van der Waals surface area contributed by atoms with Crippen LogP contribution in [-0.2, 0) is 0 Å². The van der Waals surface area contributed by atoms with Crippen molar-refractivity contribution in [2.75, 3.05) is 50.0 Å². The lowest BCUT2D eigenvalue weighted by Gasteiger charge is -2.22. The number of hydrogen-bond donors (Lipinski definition) is 1. The van der Waals surface area contributed by atoms with Gasteiger partial charge in [-0.05, 0) is 39.8 Å². The van der Waals surface area contributed by atoms with Crippen LogP contribution in [0.25, 0.3) is 0 Å². The monoisotopic (exact) mass is 263 g/mol. The summed E-state index contributed by atoms with van der Waals surface area (Å²) in [6.07, 6.45) is 2.70. The van der Waals surface area contributed by atoms with Crippen LogP contribution in [0.4, 0.5) is 11.6 Å². The van der Waals surface area contributed by atoms with Gasteiger partial charge in [0, 0.05) is 32.7 Å². The fraction of sp³-hybridized carbons (Fsp3) is 0.714. The molecular weight excluding hydrogens is 238 g/mol. The van der Waals surface area contributed by atoms with Crippen LogP contribution in [0.1, 0.15) is 25.6 Å². The van der Waals surface area contributed by atoms with E-state index < -0.39 is 0 Å². The van der Waals surface area contributed by atoms with Gasteiger partial charge in [-0.2, -0.15) is 0 Å². The van der Waals surface area contributed by atoms with Crippen molar-refractivity contribution in [3.63, 3.8) is 0 Å². The van der Waals surface area contributed by atoms with E-state index in [2.05, 4.69) is 39.1 Å².